The number of aliphatic hydroxyl groups is 1. The summed E-state index contributed by atoms with van der Waals surface area (Å²) in [5.74, 6) is 0.671. The number of nitrogens with zero attached hydrogens (tertiary/aromatic N) is 3. The van der Waals surface area contributed by atoms with Crippen molar-refractivity contribution in [2.45, 2.75) is 32.9 Å². The van der Waals surface area contributed by atoms with Crippen molar-refractivity contribution in [2.75, 3.05) is 32.7 Å². The molecule has 3 N–H and O–H groups in total. The standard InChI is InChI=1S/C22H32ClN5O.HI/c1-4-25-22(27-16-21(29)17-11-13-24-14-12-17)26-15-20(28(5-2)6-3)18-9-7-8-10-19(18)23;/h7-14,20-21,29H,4-6,15-16H2,1-3H3,(H2,25,26,27);1H. The summed E-state index contributed by atoms with van der Waals surface area (Å²) in [7, 11) is 0. The van der Waals surface area contributed by atoms with Crippen molar-refractivity contribution in [1.82, 2.24) is 20.5 Å². The Hall–Kier alpha value is -1.42. The van der Waals surface area contributed by atoms with E-state index in [2.05, 4.69) is 40.4 Å². The molecule has 2 rings (SSSR count). The quantitative estimate of drug-likeness (QED) is 0.239. The van der Waals surface area contributed by atoms with Crippen LogP contribution in [0.2, 0.25) is 5.02 Å². The lowest BCUT2D eigenvalue weighted by Crippen LogP contribution is -2.40. The minimum absolute atomic E-state index is 0. The maximum absolute atomic E-state index is 10.4. The van der Waals surface area contributed by atoms with Gasteiger partial charge in [0.15, 0.2) is 5.96 Å². The Balaban J connectivity index is 0.00000450. The van der Waals surface area contributed by atoms with Crippen LogP contribution in [-0.4, -0.2) is 53.7 Å². The third-order valence-corrected chi connectivity index (χ3v) is 5.18. The summed E-state index contributed by atoms with van der Waals surface area (Å²) in [6, 6.07) is 11.6. The lowest BCUT2D eigenvalue weighted by Gasteiger charge is -2.29. The first-order chi connectivity index (χ1) is 14.1. The zero-order valence-electron chi connectivity index (χ0n) is 17.9. The van der Waals surface area contributed by atoms with Gasteiger partial charge in [-0.05, 0) is 49.3 Å². The first-order valence-corrected chi connectivity index (χ1v) is 10.6. The van der Waals surface area contributed by atoms with Gasteiger partial charge in [-0.3, -0.25) is 14.9 Å². The van der Waals surface area contributed by atoms with Crippen LogP contribution in [0.4, 0.5) is 0 Å². The molecular formula is C22H33ClIN5O. The van der Waals surface area contributed by atoms with E-state index in [-0.39, 0.29) is 30.0 Å². The van der Waals surface area contributed by atoms with Crippen LogP contribution in [0.3, 0.4) is 0 Å². The first-order valence-electron chi connectivity index (χ1n) is 10.2. The van der Waals surface area contributed by atoms with Gasteiger partial charge in [0, 0.05) is 30.5 Å². The van der Waals surface area contributed by atoms with E-state index in [1.54, 1.807) is 12.4 Å². The Morgan fingerprint density at radius 2 is 1.77 bits per heavy atom. The van der Waals surface area contributed by atoms with Gasteiger partial charge in [0.1, 0.15) is 0 Å². The molecule has 30 heavy (non-hydrogen) atoms. The number of hydrogen-bond acceptors (Lipinski definition) is 4. The SMILES string of the molecule is CCNC(=NCC(c1ccccc1Cl)N(CC)CC)NCC(O)c1ccncc1.I. The maximum atomic E-state index is 10.4. The Labute approximate surface area is 202 Å². The summed E-state index contributed by atoms with van der Waals surface area (Å²) in [4.78, 5) is 11.1. The third kappa shape index (κ3) is 8.02. The van der Waals surface area contributed by atoms with Gasteiger partial charge in [0.25, 0.3) is 0 Å². The summed E-state index contributed by atoms with van der Waals surface area (Å²) in [6.45, 7) is 9.78. The van der Waals surface area contributed by atoms with E-state index in [1.165, 1.54) is 0 Å². The van der Waals surface area contributed by atoms with Crippen LogP contribution in [0, 0.1) is 0 Å². The first kappa shape index (κ1) is 26.6. The second-order valence-electron chi connectivity index (χ2n) is 6.66. The van der Waals surface area contributed by atoms with E-state index < -0.39 is 6.10 Å². The van der Waals surface area contributed by atoms with Crippen molar-refractivity contribution in [1.29, 1.82) is 0 Å². The zero-order chi connectivity index (χ0) is 21.1. The summed E-state index contributed by atoms with van der Waals surface area (Å²) in [6.07, 6.45) is 2.72. The highest BCUT2D eigenvalue weighted by Crippen LogP contribution is 2.27. The molecule has 0 fully saturated rings. The normalized spacial score (nSPS) is 13.5. The average molecular weight is 546 g/mol. The van der Waals surface area contributed by atoms with Gasteiger partial charge in [-0.1, -0.05) is 43.6 Å². The predicted octanol–water partition coefficient (Wildman–Crippen LogP) is 4.02. The van der Waals surface area contributed by atoms with Crippen molar-refractivity contribution >= 4 is 41.5 Å². The van der Waals surface area contributed by atoms with Gasteiger partial charge in [0.05, 0.1) is 18.7 Å². The molecule has 0 aliphatic rings. The highest BCUT2D eigenvalue weighted by Gasteiger charge is 2.20. The zero-order valence-corrected chi connectivity index (χ0v) is 21.0. The second kappa shape index (κ2) is 14.6. The van der Waals surface area contributed by atoms with Crippen LogP contribution in [0.5, 0.6) is 0 Å². The molecule has 0 saturated carbocycles. The molecular weight excluding hydrogens is 513 g/mol. The highest BCUT2D eigenvalue weighted by atomic mass is 127. The molecule has 2 unspecified atom stereocenters. The summed E-state index contributed by atoms with van der Waals surface area (Å²) < 4.78 is 0. The minimum Gasteiger partial charge on any atom is -0.387 e. The van der Waals surface area contributed by atoms with Crippen LogP contribution >= 0.6 is 35.6 Å². The number of nitrogens with one attached hydrogen (secondary N) is 2. The number of hydrogen-bond donors (Lipinski definition) is 3. The highest BCUT2D eigenvalue weighted by molar-refractivity contribution is 14.0. The molecule has 0 bridgehead atoms. The van der Waals surface area contributed by atoms with Crippen LogP contribution in [0.25, 0.3) is 0 Å². The van der Waals surface area contributed by atoms with Crippen molar-refractivity contribution in [3.8, 4) is 0 Å². The average Bonchev–Trinajstić information content (AvgIpc) is 2.75. The van der Waals surface area contributed by atoms with Crippen LogP contribution in [0.1, 0.15) is 44.0 Å². The molecule has 1 aromatic heterocycles. The van der Waals surface area contributed by atoms with E-state index >= 15 is 0 Å². The Morgan fingerprint density at radius 3 is 2.37 bits per heavy atom. The topological polar surface area (TPSA) is 72.8 Å². The molecule has 0 radical (unpaired) electrons. The fraction of sp³-hybridized carbons (Fsp3) is 0.455. The monoisotopic (exact) mass is 545 g/mol. The lowest BCUT2D eigenvalue weighted by molar-refractivity contribution is 0.180. The van der Waals surface area contributed by atoms with E-state index in [1.807, 2.05) is 37.3 Å². The van der Waals surface area contributed by atoms with Crippen molar-refractivity contribution in [2.24, 2.45) is 4.99 Å². The van der Waals surface area contributed by atoms with Crippen LogP contribution in [0.15, 0.2) is 53.8 Å². The van der Waals surface area contributed by atoms with Gasteiger partial charge >= 0.3 is 0 Å². The summed E-state index contributed by atoms with van der Waals surface area (Å²) in [5.41, 5.74) is 1.90. The largest absolute Gasteiger partial charge is 0.387 e. The van der Waals surface area contributed by atoms with Gasteiger partial charge in [0.2, 0.25) is 0 Å². The molecule has 1 aromatic carbocycles. The number of aromatic nitrogens is 1. The van der Waals surface area contributed by atoms with E-state index in [0.29, 0.717) is 19.0 Å². The molecule has 6 nitrogen and oxygen atoms in total. The summed E-state index contributed by atoms with van der Waals surface area (Å²) >= 11 is 6.48. The molecule has 2 atom stereocenters. The van der Waals surface area contributed by atoms with Crippen molar-refractivity contribution in [3.63, 3.8) is 0 Å². The molecule has 0 amide bonds. The number of rotatable bonds is 10. The number of aliphatic imine (C=N–C) groups is 1. The molecule has 1 heterocycles. The Morgan fingerprint density at radius 1 is 1.10 bits per heavy atom. The van der Waals surface area contributed by atoms with Crippen molar-refractivity contribution < 1.29 is 5.11 Å². The number of halogens is 2. The lowest BCUT2D eigenvalue weighted by atomic mass is 10.1. The molecule has 0 saturated heterocycles. The number of likely N-dealkylation sites (N-methyl/N-ethyl adjacent to an activating group) is 1. The van der Waals surface area contributed by atoms with E-state index in [0.717, 1.165) is 35.8 Å². The molecule has 0 aliphatic carbocycles. The fourth-order valence-corrected chi connectivity index (χ4v) is 3.50. The van der Waals surface area contributed by atoms with E-state index in [9.17, 15) is 5.11 Å². The number of pyridine rings is 1. The fourth-order valence-electron chi connectivity index (χ4n) is 3.24. The van der Waals surface area contributed by atoms with Crippen LogP contribution in [-0.2, 0) is 0 Å². The third-order valence-electron chi connectivity index (χ3n) is 4.84. The van der Waals surface area contributed by atoms with Gasteiger partial charge in [-0.15, -0.1) is 24.0 Å². The number of benzene rings is 1. The molecule has 8 heteroatoms. The smallest absolute Gasteiger partial charge is 0.191 e. The predicted molar refractivity (Wildman–Crippen MR) is 136 cm³/mol. The molecule has 166 valence electrons. The molecule has 0 spiro atoms. The molecule has 2 aromatic rings. The van der Waals surface area contributed by atoms with Gasteiger partial charge < -0.3 is 15.7 Å². The Kier molecular flexibility index (Phi) is 12.9. The van der Waals surface area contributed by atoms with Gasteiger partial charge in [-0.25, -0.2) is 0 Å². The van der Waals surface area contributed by atoms with Crippen molar-refractivity contribution in [3.05, 3.63) is 64.9 Å². The molecule has 0 aliphatic heterocycles. The Bertz CT molecular complexity index is 758. The maximum Gasteiger partial charge on any atom is 0.191 e. The van der Waals surface area contributed by atoms with Crippen LogP contribution < -0.4 is 10.6 Å². The number of aliphatic hydroxyl groups excluding tert-OH is 1. The van der Waals surface area contributed by atoms with E-state index in [4.69, 9.17) is 16.6 Å². The number of guanidine groups is 1. The second-order valence-corrected chi connectivity index (χ2v) is 7.06. The minimum atomic E-state index is -0.635. The van der Waals surface area contributed by atoms with Gasteiger partial charge in [-0.2, -0.15) is 0 Å². The summed E-state index contributed by atoms with van der Waals surface area (Å²) in [5, 5.41) is 17.6.